The molecule has 1 atom stereocenters. The average molecular weight is 492 g/mol. The molecule has 1 aliphatic carbocycles. The van der Waals surface area contributed by atoms with Gasteiger partial charge >= 0.3 is 6.18 Å². The molecule has 3 rings (SSSR count). The van der Waals surface area contributed by atoms with Crippen molar-refractivity contribution in [2.24, 2.45) is 5.92 Å². The van der Waals surface area contributed by atoms with Gasteiger partial charge in [-0.3, -0.25) is 9.59 Å². The zero-order valence-electron chi connectivity index (χ0n) is 19.8. The molecule has 1 unspecified atom stereocenters. The first-order valence-electron chi connectivity index (χ1n) is 11.9. The lowest BCUT2D eigenvalue weighted by Gasteiger charge is -2.27. The largest absolute Gasteiger partial charge is 0.497 e. The van der Waals surface area contributed by atoms with Crippen molar-refractivity contribution in [3.05, 3.63) is 59.7 Å². The van der Waals surface area contributed by atoms with Gasteiger partial charge in [-0.25, -0.2) is 0 Å². The Labute approximate surface area is 203 Å². The third-order valence-electron chi connectivity index (χ3n) is 6.21. The molecule has 1 aliphatic rings. The number of ether oxygens (including phenoxy) is 1. The number of carbonyl (C=O) groups is 2. The first kappa shape index (κ1) is 26.4. The summed E-state index contributed by atoms with van der Waals surface area (Å²) < 4.78 is 44.3. The van der Waals surface area contributed by atoms with E-state index < -0.39 is 23.7 Å². The van der Waals surface area contributed by atoms with Crippen molar-refractivity contribution < 1.29 is 27.5 Å². The SMILES string of the molecule is COc1ccc(NCCNC(=O)C(CC2CCCCC2)NC(=O)c2cccc(C(F)(F)F)c2)cc1. The molecule has 0 spiro atoms. The van der Waals surface area contributed by atoms with Gasteiger partial charge in [-0.1, -0.05) is 38.2 Å². The topological polar surface area (TPSA) is 79.5 Å². The molecule has 0 aliphatic heterocycles. The summed E-state index contributed by atoms with van der Waals surface area (Å²) in [6.45, 7) is 0.793. The summed E-state index contributed by atoms with van der Waals surface area (Å²) in [6, 6.07) is 10.8. The molecule has 2 aromatic carbocycles. The maximum absolute atomic E-state index is 13.1. The van der Waals surface area contributed by atoms with E-state index in [1.807, 2.05) is 24.3 Å². The number of nitrogens with one attached hydrogen (secondary N) is 3. The molecule has 0 heterocycles. The van der Waals surface area contributed by atoms with Crippen LogP contribution in [0.1, 0.15) is 54.4 Å². The minimum atomic E-state index is -4.55. The minimum absolute atomic E-state index is 0.123. The molecule has 3 N–H and O–H groups in total. The Kier molecular flexibility index (Phi) is 9.39. The van der Waals surface area contributed by atoms with Crippen LogP contribution in [0, 0.1) is 5.92 Å². The number of benzene rings is 2. The number of hydrogen-bond acceptors (Lipinski definition) is 4. The van der Waals surface area contributed by atoms with E-state index in [0.29, 0.717) is 25.4 Å². The normalized spacial score (nSPS) is 15.2. The Hall–Kier alpha value is -3.23. The average Bonchev–Trinajstić information content (AvgIpc) is 2.86. The maximum atomic E-state index is 13.1. The molecule has 190 valence electrons. The van der Waals surface area contributed by atoms with Crippen LogP contribution in [0.25, 0.3) is 0 Å². The summed E-state index contributed by atoms with van der Waals surface area (Å²) in [6.07, 6.45) is 1.17. The molecular formula is C26H32F3N3O3. The molecule has 2 aromatic rings. The number of hydrogen-bond donors (Lipinski definition) is 3. The predicted molar refractivity (Wildman–Crippen MR) is 128 cm³/mol. The van der Waals surface area contributed by atoms with Crippen molar-refractivity contribution in [3.63, 3.8) is 0 Å². The fourth-order valence-corrected chi connectivity index (χ4v) is 4.29. The number of alkyl halides is 3. The molecule has 1 saturated carbocycles. The van der Waals surface area contributed by atoms with Crippen LogP contribution < -0.4 is 20.7 Å². The van der Waals surface area contributed by atoms with Gasteiger partial charge in [-0.2, -0.15) is 13.2 Å². The Morgan fingerprint density at radius 3 is 2.40 bits per heavy atom. The Morgan fingerprint density at radius 1 is 1.03 bits per heavy atom. The van der Waals surface area contributed by atoms with Crippen LogP contribution in [0.2, 0.25) is 0 Å². The van der Waals surface area contributed by atoms with Crippen molar-refractivity contribution in [1.82, 2.24) is 10.6 Å². The highest BCUT2D eigenvalue weighted by atomic mass is 19.4. The van der Waals surface area contributed by atoms with E-state index in [1.54, 1.807) is 7.11 Å². The number of halogens is 3. The molecule has 1 fully saturated rings. The molecule has 9 heteroatoms. The van der Waals surface area contributed by atoms with Crippen LogP contribution >= 0.6 is 0 Å². The second kappa shape index (κ2) is 12.5. The lowest BCUT2D eigenvalue weighted by Crippen LogP contribution is -2.48. The first-order valence-corrected chi connectivity index (χ1v) is 11.9. The van der Waals surface area contributed by atoms with E-state index >= 15 is 0 Å². The number of methoxy groups -OCH3 is 1. The van der Waals surface area contributed by atoms with Gasteiger partial charge in [0, 0.05) is 24.3 Å². The Balaban J connectivity index is 1.59. The van der Waals surface area contributed by atoms with Crippen molar-refractivity contribution in [2.45, 2.75) is 50.7 Å². The lowest BCUT2D eigenvalue weighted by atomic mass is 9.84. The fraction of sp³-hybridized carbons (Fsp3) is 0.462. The Morgan fingerprint density at radius 2 is 1.74 bits per heavy atom. The van der Waals surface area contributed by atoms with Crippen LogP contribution in [0.4, 0.5) is 18.9 Å². The Bertz CT molecular complexity index is 974. The van der Waals surface area contributed by atoms with Crippen molar-refractivity contribution in [2.75, 3.05) is 25.5 Å². The van der Waals surface area contributed by atoms with Crippen LogP contribution in [0.15, 0.2) is 48.5 Å². The monoisotopic (exact) mass is 491 g/mol. The highest BCUT2D eigenvalue weighted by Gasteiger charge is 2.31. The number of rotatable bonds is 10. The van der Waals surface area contributed by atoms with Crippen LogP contribution in [0.3, 0.4) is 0 Å². The molecular weight excluding hydrogens is 459 g/mol. The molecule has 0 radical (unpaired) electrons. The van der Waals surface area contributed by atoms with Gasteiger partial charge in [0.1, 0.15) is 11.8 Å². The summed E-state index contributed by atoms with van der Waals surface area (Å²) in [5.41, 5.74) is -0.151. The number of anilines is 1. The van der Waals surface area contributed by atoms with E-state index in [2.05, 4.69) is 16.0 Å². The zero-order valence-corrected chi connectivity index (χ0v) is 19.8. The zero-order chi connectivity index (χ0) is 25.3. The molecule has 2 amide bonds. The first-order chi connectivity index (χ1) is 16.8. The summed E-state index contributed by atoms with van der Waals surface area (Å²) in [4.78, 5) is 25.7. The van der Waals surface area contributed by atoms with Crippen LogP contribution in [0.5, 0.6) is 5.75 Å². The third kappa shape index (κ3) is 8.19. The summed E-state index contributed by atoms with van der Waals surface area (Å²) in [5.74, 6) is 0.000463. The second-order valence-electron chi connectivity index (χ2n) is 8.79. The summed E-state index contributed by atoms with van der Waals surface area (Å²) >= 11 is 0. The maximum Gasteiger partial charge on any atom is 0.416 e. The molecule has 0 bridgehead atoms. The highest BCUT2D eigenvalue weighted by molar-refractivity contribution is 5.97. The molecule has 6 nitrogen and oxygen atoms in total. The standard InChI is InChI=1S/C26H32F3N3O3/c1-35-22-12-10-21(11-13-22)30-14-15-31-25(34)23(16-18-6-3-2-4-7-18)32-24(33)19-8-5-9-20(17-19)26(27,28)29/h5,8-13,17-18,23,30H,2-4,6-7,14-16H2,1H3,(H,31,34)(H,32,33). The van der Waals surface area contributed by atoms with Gasteiger partial charge in [0.25, 0.3) is 5.91 Å². The minimum Gasteiger partial charge on any atom is -0.497 e. The van der Waals surface area contributed by atoms with E-state index in [4.69, 9.17) is 4.74 Å². The van der Waals surface area contributed by atoms with Crippen LogP contribution in [-0.4, -0.2) is 38.1 Å². The smallest absolute Gasteiger partial charge is 0.416 e. The van der Waals surface area contributed by atoms with Gasteiger partial charge in [0.15, 0.2) is 0 Å². The second-order valence-corrected chi connectivity index (χ2v) is 8.79. The fourth-order valence-electron chi connectivity index (χ4n) is 4.29. The van der Waals surface area contributed by atoms with Crippen LogP contribution in [-0.2, 0) is 11.0 Å². The van der Waals surface area contributed by atoms with Gasteiger partial charge < -0.3 is 20.7 Å². The highest BCUT2D eigenvalue weighted by Crippen LogP contribution is 2.30. The van der Waals surface area contributed by atoms with E-state index in [9.17, 15) is 22.8 Å². The summed E-state index contributed by atoms with van der Waals surface area (Å²) in [5, 5.41) is 8.71. The third-order valence-corrected chi connectivity index (χ3v) is 6.21. The van der Waals surface area contributed by atoms with Crippen molar-refractivity contribution >= 4 is 17.5 Å². The van der Waals surface area contributed by atoms with Gasteiger partial charge in [0.2, 0.25) is 5.91 Å². The van der Waals surface area contributed by atoms with Crippen molar-refractivity contribution in [3.8, 4) is 5.75 Å². The van der Waals surface area contributed by atoms with Gasteiger partial charge in [-0.05, 0) is 54.8 Å². The van der Waals surface area contributed by atoms with Crippen molar-refractivity contribution in [1.29, 1.82) is 0 Å². The van der Waals surface area contributed by atoms with E-state index in [-0.39, 0.29) is 11.5 Å². The molecule has 0 saturated heterocycles. The predicted octanol–water partition coefficient (Wildman–Crippen LogP) is 5.01. The molecule has 0 aromatic heterocycles. The van der Waals surface area contributed by atoms with E-state index in [1.165, 1.54) is 12.1 Å². The quantitative estimate of drug-likeness (QED) is 0.408. The van der Waals surface area contributed by atoms with E-state index in [0.717, 1.165) is 55.7 Å². The van der Waals surface area contributed by atoms with Gasteiger partial charge in [-0.15, -0.1) is 0 Å². The number of carbonyl (C=O) groups excluding carboxylic acids is 2. The van der Waals surface area contributed by atoms with Gasteiger partial charge in [0.05, 0.1) is 12.7 Å². The molecule has 35 heavy (non-hydrogen) atoms. The number of amides is 2. The lowest BCUT2D eigenvalue weighted by molar-refractivity contribution is -0.137. The summed E-state index contributed by atoms with van der Waals surface area (Å²) in [7, 11) is 1.59.